The Kier molecular flexibility index (Phi) is 5.40. The molecule has 0 radical (unpaired) electrons. The summed E-state index contributed by atoms with van der Waals surface area (Å²) in [6.07, 6.45) is 0. The van der Waals surface area contributed by atoms with Gasteiger partial charge < -0.3 is 10.1 Å². The zero-order chi connectivity index (χ0) is 24.1. The maximum atomic E-state index is 14.2. The van der Waals surface area contributed by atoms with Gasteiger partial charge in [-0.2, -0.15) is 0 Å². The van der Waals surface area contributed by atoms with Crippen LogP contribution in [0.3, 0.4) is 0 Å². The molecule has 1 fully saturated rings. The minimum atomic E-state index is -2.11. The van der Waals surface area contributed by atoms with Gasteiger partial charge in [-0.3, -0.25) is 24.2 Å². The zero-order valence-corrected chi connectivity index (χ0v) is 18.9. The maximum absolute atomic E-state index is 14.2. The molecule has 1 saturated heterocycles. The Balaban J connectivity index is 1.73. The smallest absolute Gasteiger partial charge is 0.326 e. The highest BCUT2D eigenvalue weighted by molar-refractivity contribution is 6.32. The molecule has 4 rings (SSSR count). The van der Waals surface area contributed by atoms with Crippen LogP contribution in [0.1, 0.15) is 31.9 Å². The quantitative estimate of drug-likeness (QED) is 0.418. The summed E-state index contributed by atoms with van der Waals surface area (Å²) in [5.74, 6) is -2.98. The topological polar surface area (TPSA) is 96.0 Å². The number of nitrogens with one attached hydrogen (secondary N) is 1. The third-order valence-electron chi connectivity index (χ3n) is 5.32. The lowest BCUT2D eigenvalue weighted by molar-refractivity contribution is -0.154. The lowest BCUT2D eigenvalue weighted by Gasteiger charge is -2.24. The highest BCUT2D eigenvalue weighted by atomic mass is 35.5. The molecule has 2 aromatic rings. The van der Waals surface area contributed by atoms with Crippen LogP contribution in [-0.2, 0) is 31.2 Å². The number of rotatable bonds is 4. The van der Waals surface area contributed by atoms with Gasteiger partial charge >= 0.3 is 12.0 Å². The lowest BCUT2D eigenvalue weighted by atomic mass is 9.91. The van der Waals surface area contributed by atoms with Crippen LogP contribution in [0.25, 0.3) is 0 Å². The molecule has 2 aromatic carbocycles. The van der Waals surface area contributed by atoms with Gasteiger partial charge in [0.25, 0.3) is 11.8 Å². The Labute approximate surface area is 194 Å². The number of carbonyl (C=O) groups is 4. The van der Waals surface area contributed by atoms with Crippen LogP contribution in [0.4, 0.5) is 14.9 Å². The van der Waals surface area contributed by atoms with Gasteiger partial charge in [0, 0.05) is 16.1 Å². The van der Waals surface area contributed by atoms with Gasteiger partial charge in [-0.1, -0.05) is 29.8 Å². The Bertz CT molecular complexity index is 1190. The summed E-state index contributed by atoms with van der Waals surface area (Å²) >= 11 is 6.14. The van der Waals surface area contributed by atoms with Crippen molar-refractivity contribution in [2.24, 2.45) is 0 Å². The third kappa shape index (κ3) is 3.82. The Morgan fingerprint density at radius 1 is 1.09 bits per heavy atom. The minimum Gasteiger partial charge on any atom is -0.459 e. The van der Waals surface area contributed by atoms with Crippen molar-refractivity contribution in [2.75, 3.05) is 11.4 Å². The highest BCUT2D eigenvalue weighted by Gasteiger charge is 2.64. The van der Waals surface area contributed by atoms with Gasteiger partial charge in [0.1, 0.15) is 18.0 Å². The molecule has 1 N–H and O–H groups in total. The van der Waals surface area contributed by atoms with Crippen molar-refractivity contribution in [3.63, 3.8) is 0 Å². The minimum absolute atomic E-state index is 0.112. The van der Waals surface area contributed by atoms with Crippen LogP contribution in [0.2, 0.25) is 5.02 Å². The summed E-state index contributed by atoms with van der Waals surface area (Å²) in [5.41, 5.74) is -2.39. The van der Waals surface area contributed by atoms with Gasteiger partial charge in [-0.05, 0) is 45.0 Å². The predicted octanol–water partition coefficient (Wildman–Crippen LogP) is 3.11. The van der Waals surface area contributed by atoms with Crippen molar-refractivity contribution in [3.05, 3.63) is 64.4 Å². The third-order valence-corrected chi connectivity index (χ3v) is 5.55. The van der Waals surface area contributed by atoms with Crippen LogP contribution < -0.4 is 10.2 Å². The van der Waals surface area contributed by atoms with Gasteiger partial charge in [0.05, 0.1) is 12.2 Å². The van der Waals surface area contributed by atoms with Crippen LogP contribution in [-0.4, -0.2) is 40.9 Å². The van der Waals surface area contributed by atoms with Gasteiger partial charge in [0.15, 0.2) is 0 Å². The summed E-state index contributed by atoms with van der Waals surface area (Å²) in [6.45, 7) is 4.23. The highest BCUT2D eigenvalue weighted by Crippen LogP contribution is 2.45. The standard InChI is InChI=1S/C23H21ClFN3O5/c1-22(2,3)33-18(29)12-27-17-9-8-14(24)10-15(17)23(19(27)30)20(31)28(21(32)26-23)11-13-6-4-5-7-16(13)25/h4-10H,11-12H2,1-3H3,(H,26,32). The fourth-order valence-electron chi connectivity index (χ4n) is 3.97. The largest absolute Gasteiger partial charge is 0.459 e. The second kappa shape index (κ2) is 7.84. The van der Waals surface area contributed by atoms with E-state index < -0.39 is 47.3 Å². The molecule has 1 atom stereocenters. The number of imide groups is 1. The number of halogens is 2. The molecule has 0 saturated carbocycles. The number of fused-ring (bicyclic) bond motifs is 2. The molecular formula is C23H21ClFN3O5. The Hall–Kier alpha value is -3.46. The van der Waals surface area contributed by atoms with E-state index in [4.69, 9.17) is 16.3 Å². The number of hydrogen-bond donors (Lipinski definition) is 1. The number of ether oxygens (including phenoxy) is 1. The average Bonchev–Trinajstić information content (AvgIpc) is 3.09. The van der Waals surface area contributed by atoms with Crippen molar-refractivity contribution in [1.82, 2.24) is 10.2 Å². The first-order chi connectivity index (χ1) is 15.4. The predicted molar refractivity (Wildman–Crippen MR) is 117 cm³/mol. The number of amides is 4. The SMILES string of the molecule is CC(C)(C)OC(=O)CN1C(=O)C2(NC(=O)N(Cc3ccccc3F)C2=O)c2cc(Cl)ccc21. The lowest BCUT2D eigenvalue weighted by Crippen LogP contribution is -2.53. The van der Waals surface area contributed by atoms with E-state index in [-0.39, 0.29) is 28.4 Å². The molecule has 33 heavy (non-hydrogen) atoms. The van der Waals surface area contributed by atoms with E-state index in [0.717, 1.165) is 9.80 Å². The molecule has 10 heteroatoms. The Morgan fingerprint density at radius 2 is 1.76 bits per heavy atom. The van der Waals surface area contributed by atoms with E-state index in [2.05, 4.69) is 5.32 Å². The van der Waals surface area contributed by atoms with Crippen molar-refractivity contribution in [2.45, 2.75) is 38.5 Å². The molecule has 0 aromatic heterocycles. The van der Waals surface area contributed by atoms with Crippen LogP contribution in [0, 0.1) is 5.82 Å². The zero-order valence-electron chi connectivity index (χ0n) is 18.1. The first kappa shape index (κ1) is 22.7. The van der Waals surface area contributed by atoms with Gasteiger partial charge in [-0.15, -0.1) is 0 Å². The summed E-state index contributed by atoms with van der Waals surface area (Å²) < 4.78 is 19.5. The van der Waals surface area contributed by atoms with Crippen LogP contribution in [0.15, 0.2) is 42.5 Å². The molecule has 2 aliphatic heterocycles. The summed E-state index contributed by atoms with van der Waals surface area (Å²) in [7, 11) is 0. The number of esters is 1. The Morgan fingerprint density at radius 3 is 2.42 bits per heavy atom. The average molecular weight is 474 g/mol. The number of urea groups is 1. The molecule has 4 amide bonds. The molecule has 172 valence electrons. The van der Waals surface area contributed by atoms with Gasteiger partial charge in [-0.25, -0.2) is 9.18 Å². The van der Waals surface area contributed by atoms with Gasteiger partial charge in [0.2, 0.25) is 5.54 Å². The number of nitrogens with zero attached hydrogens (tertiary/aromatic N) is 2. The first-order valence-corrected chi connectivity index (χ1v) is 10.5. The monoisotopic (exact) mass is 473 g/mol. The number of hydrogen-bond acceptors (Lipinski definition) is 5. The second-order valence-electron chi connectivity index (χ2n) is 8.80. The van der Waals surface area contributed by atoms with Crippen molar-refractivity contribution in [1.29, 1.82) is 0 Å². The van der Waals surface area contributed by atoms with E-state index in [1.165, 1.54) is 36.4 Å². The van der Waals surface area contributed by atoms with E-state index >= 15 is 0 Å². The summed E-state index contributed by atoms with van der Waals surface area (Å²) in [5, 5.41) is 2.70. The molecule has 2 aliphatic rings. The molecule has 2 heterocycles. The van der Waals surface area contributed by atoms with Crippen LogP contribution in [0.5, 0.6) is 0 Å². The molecule has 8 nitrogen and oxygen atoms in total. The van der Waals surface area contributed by atoms with E-state index in [1.54, 1.807) is 26.8 Å². The molecule has 0 bridgehead atoms. The second-order valence-corrected chi connectivity index (χ2v) is 9.24. The van der Waals surface area contributed by atoms with Crippen molar-refractivity contribution in [3.8, 4) is 0 Å². The van der Waals surface area contributed by atoms with E-state index in [0.29, 0.717) is 0 Å². The van der Waals surface area contributed by atoms with Crippen molar-refractivity contribution < 1.29 is 28.3 Å². The van der Waals surface area contributed by atoms with E-state index in [9.17, 15) is 23.6 Å². The molecule has 1 unspecified atom stereocenters. The fourth-order valence-corrected chi connectivity index (χ4v) is 4.15. The van der Waals surface area contributed by atoms with E-state index in [1.807, 2.05) is 0 Å². The number of benzene rings is 2. The molecule has 0 aliphatic carbocycles. The summed E-state index contributed by atoms with van der Waals surface area (Å²) in [4.78, 5) is 54.2. The molecule has 1 spiro atoms. The normalized spacial score (nSPS) is 19.8. The molecular weight excluding hydrogens is 453 g/mol. The summed E-state index contributed by atoms with van der Waals surface area (Å²) in [6, 6.07) is 9.25. The fraction of sp³-hybridized carbons (Fsp3) is 0.304. The van der Waals surface area contributed by atoms with Crippen molar-refractivity contribution >= 4 is 41.1 Å². The number of carbonyl (C=O) groups excluding carboxylic acids is 4. The number of anilines is 1. The van der Waals surface area contributed by atoms with Crippen LogP contribution >= 0.6 is 11.6 Å². The maximum Gasteiger partial charge on any atom is 0.326 e. The first-order valence-electron chi connectivity index (χ1n) is 10.2.